The molecule has 0 unspecified atom stereocenters. The minimum atomic E-state index is -0.487. The van der Waals surface area contributed by atoms with Crippen LogP contribution in [-0.2, 0) is 19.1 Å². The summed E-state index contributed by atoms with van der Waals surface area (Å²) in [4.78, 5) is 25.0. The van der Waals surface area contributed by atoms with Crippen LogP contribution in [0.15, 0.2) is 0 Å². The second kappa shape index (κ2) is 9.95. The van der Waals surface area contributed by atoms with E-state index in [1.807, 2.05) is 20.8 Å². The van der Waals surface area contributed by atoms with Crippen molar-refractivity contribution in [2.75, 3.05) is 6.61 Å². The molecular weight excluding hydrogens is 524 g/mol. The molecule has 0 bridgehead atoms. The minimum absolute atomic E-state index is 0.0326. The average Bonchev–Trinajstić information content (AvgIpc) is 2.87. The Kier molecular flexibility index (Phi) is 7.65. The number of hydrogen-bond donors (Lipinski definition) is 1. The van der Waals surface area contributed by atoms with Crippen LogP contribution in [0.5, 0.6) is 0 Å². The SMILES string of the molecule is CC(=O)OC[C@]12CCC(C)(C)[C@H](O)[C@@H]1[C@H]1CC[C@@H]3[C@@]4(C)CC[C@H](OC(=O)C(C)(C)C)C(C)(C)[C@@H]4CC[C@@]3(C)[C@]1(C)CC2. The van der Waals surface area contributed by atoms with Crippen LogP contribution in [0.4, 0.5) is 0 Å². The van der Waals surface area contributed by atoms with Crippen LogP contribution < -0.4 is 0 Å². The van der Waals surface area contributed by atoms with Crippen molar-refractivity contribution in [3.05, 3.63) is 0 Å². The predicted molar refractivity (Wildman–Crippen MR) is 166 cm³/mol. The first-order valence-corrected chi connectivity index (χ1v) is 17.2. The lowest BCUT2D eigenvalue weighted by atomic mass is 9.31. The van der Waals surface area contributed by atoms with Gasteiger partial charge in [0.15, 0.2) is 0 Å². The molecule has 0 aromatic carbocycles. The molecule has 240 valence electrons. The second-order valence-corrected chi connectivity index (χ2v) is 18.8. The molecule has 5 saturated carbocycles. The van der Waals surface area contributed by atoms with Crippen LogP contribution in [0.1, 0.15) is 140 Å². The smallest absolute Gasteiger partial charge is 0.311 e. The van der Waals surface area contributed by atoms with Crippen molar-refractivity contribution >= 4 is 11.9 Å². The van der Waals surface area contributed by atoms with Crippen molar-refractivity contribution in [3.63, 3.8) is 0 Å². The fraction of sp³-hybridized carbons (Fsp3) is 0.946. The van der Waals surface area contributed by atoms with Gasteiger partial charge in [-0.1, -0.05) is 48.5 Å². The molecule has 5 rings (SSSR count). The highest BCUT2D eigenvalue weighted by molar-refractivity contribution is 5.75. The number of hydrogen-bond acceptors (Lipinski definition) is 5. The van der Waals surface area contributed by atoms with Gasteiger partial charge >= 0.3 is 11.9 Å². The topological polar surface area (TPSA) is 72.8 Å². The van der Waals surface area contributed by atoms with Crippen molar-refractivity contribution < 1.29 is 24.2 Å². The van der Waals surface area contributed by atoms with Gasteiger partial charge in [0.05, 0.1) is 18.1 Å². The average molecular weight is 587 g/mol. The second-order valence-electron chi connectivity index (χ2n) is 18.8. The molecule has 0 saturated heterocycles. The van der Waals surface area contributed by atoms with Crippen LogP contribution >= 0.6 is 0 Å². The number of aliphatic hydroxyl groups is 1. The van der Waals surface area contributed by atoms with E-state index in [1.54, 1.807) is 0 Å². The number of fused-ring (bicyclic) bond motifs is 7. The summed E-state index contributed by atoms with van der Waals surface area (Å²) in [5.74, 6) is 1.43. The van der Waals surface area contributed by atoms with Crippen molar-refractivity contribution in [2.24, 2.45) is 61.6 Å². The molecule has 5 aliphatic carbocycles. The monoisotopic (exact) mass is 586 g/mol. The molecule has 5 fully saturated rings. The molecule has 0 heterocycles. The van der Waals surface area contributed by atoms with Gasteiger partial charge in [-0.15, -0.1) is 0 Å². The summed E-state index contributed by atoms with van der Waals surface area (Å²) in [5, 5.41) is 12.1. The lowest BCUT2D eigenvalue weighted by Crippen LogP contribution is -2.69. The van der Waals surface area contributed by atoms with Gasteiger partial charge in [-0.3, -0.25) is 9.59 Å². The molecule has 5 heteroatoms. The number of esters is 2. The Bertz CT molecular complexity index is 1090. The predicted octanol–water partition coefficient (Wildman–Crippen LogP) is 8.36. The fourth-order valence-corrected chi connectivity index (χ4v) is 12.2. The highest BCUT2D eigenvalue weighted by Gasteiger charge is 2.71. The van der Waals surface area contributed by atoms with E-state index >= 15 is 0 Å². The first kappa shape index (κ1) is 32.3. The Morgan fingerprint density at radius 2 is 1.43 bits per heavy atom. The van der Waals surface area contributed by atoms with Crippen molar-refractivity contribution in [2.45, 2.75) is 153 Å². The van der Waals surface area contributed by atoms with Gasteiger partial charge < -0.3 is 14.6 Å². The van der Waals surface area contributed by atoms with Gasteiger partial charge in [-0.05, 0) is 130 Å². The molecule has 0 aliphatic heterocycles. The Morgan fingerprint density at radius 1 is 0.786 bits per heavy atom. The first-order valence-electron chi connectivity index (χ1n) is 17.2. The van der Waals surface area contributed by atoms with Gasteiger partial charge in [0.25, 0.3) is 0 Å². The molecule has 5 nitrogen and oxygen atoms in total. The minimum Gasteiger partial charge on any atom is -0.465 e. The maximum atomic E-state index is 13.0. The Hall–Kier alpha value is -1.10. The molecule has 0 amide bonds. The number of ether oxygens (including phenoxy) is 2. The van der Waals surface area contributed by atoms with Crippen LogP contribution in [-0.4, -0.2) is 35.9 Å². The summed E-state index contributed by atoms with van der Waals surface area (Å²) >= 11 is 0. The van der Waals surface area contributed by atoms with E-state index in [1.165, 1.54) is 26.2 Å². The number of aliphatic hydroxyl groups excluding tert-OH is 1. The standard InChI is InChI=1S/C37H62O5/c1-23(38)41-22-37-20-18-32(5,6)29(39)28(37)24-12-13-26-34(9)16-15-27(42-30(40)31(2,3)4)33(7,8)25(34)14-17-36(26,11)35(24,10)19-21-37/h24-29,39H,12-22H2,1-11H3/t24-,25+,26-,27+,28+,29-,34+,35-,36-,37-/m1/s1. The normalized spacial score (nSPS) is 47.6. The van der Waals surface area contributed by atoms with E-state index in [-0.39, 0.29) is 62.6 Å². The van der Waals surface area contributed by atoms with Gasteiger partial charge in [0, 0.05) is 17.8 Å². The molecule has 42 heavy (non-hydrogen) atoms. The van der Waals surface area contributed by atoms with Crippen LogP contribution in [0.2, 0.25) is 0 Å². The highest BCUT2D eigenvalue weighted by Crippen LogP contribution is 2.77. The fourth-order valence-electron chi connectivity index (χ4n) is 12.2. The summed E-state index contributed by atoms with van der Waals surface area (Å²) in [7, 11) is 0. The van der Waals surface area contributed by atoms with E-state index in [9.17, 15) is 14.7 Å². The number of carbonyl (C=O) groups is 2. The Morgan fingerprint density at radius 3 is 2.05 bits per heavy atom. The first-order chi connectivity index (χ1) is 19.2. The maximum Gasteiger partial charge on any atom is 0.311 e. The van der Waals surface area contributed by atoms with E-state index in [0.29, 0.717) is 24.4 Å². The van der Waals surface area contributed by atoms with Gasteiger partial charge in [-0.25, -0.2) is 0 Å². The molecule has 0 spiro atoms. The lowest BCUT2D eigenvalue weighted by molar-refractivity contribution is -0.274. The molecule has 1 N–H and O–H groups in total. The largest absolute Gasteiger partial charge is 0.465 e. The number of carbonyl (C=O) groups excluding carboxylic acids is 2. The molecule has 5 aliphatic rings. The molecule has 0 aromatic heterocycles. The summed E-state index contributed by atoms with van der Waals surface area (Å²) in [6.45, 7) is 24.8. The summed E-state index contributed by atoms with van der Waals surface area (Å²) in [5.41, 5.74) is -0.292. The van der Waals surface area contributed by atoms with E-state index in [4.69, 9.17) is 9.47 Å². The van der Waals surface area contributed by atoms with Crippen molar-refractivity contribution in [3.8, 4) is 0 Å². The molecule has 0 radical (unpaired) electrons. The lowest BCUT2D eigenvalue weighted by Gasteiger charge is -2.74. The van der Waals surface area contributed by atoms with Crippen molar-refractivity contribution in [1.29, 1.82) is 0 Å². The highest BCUT2D eigenvalue weighted by atomic mass is 16.5. The molecule has 10 atom stereocenters. The zero-order valence-electron chi connectivity index (χ0n) is 28.8. The third-order valence-electron chi connectivity index (χ3n) is 15.0. The van der Waals surface area contributed by atoms with Crippen molar-refractivity contribution in [1.82, 2.24) is 0 Å². The third kappa shape index (κ3) is 4.54. The van der Waals surface area contributed by atoms with E-state index < -0.39 is 5.41 Å². The quantitative estimate of drug-likeness (QED) is 0.336. The van der Waals surface area contributed by atoms with E-state index in [0.717, 1.165) is 44.9 Å². The van der Waals surface area contributed by atoms with Crippen LogP contribution in [0.25, 0.3) is 0 Å². The summed E-state index contributed by atoms with van der Waals surface area (Å²) in [6.07, 6.45) is 10.5. The van der Waals surface area contributed by atoms with Gasteiger partial charge in [0.2, 0.25) is 0 Å². The zero-order valence-corrected chi connectivity index (χ0v) is 28.8. The summed E-state index contributed by atoms with van der Waals surface area (Å²) < 4.78 is 12.1. The maximum absolute atomic E-state index is 13.0. The summed E-state index contributed by atoms with van der Waals surface area (Å²) in [6, 6.07) is 0. The van der Waals surface area contributed by atoms with E-state index in [2.05, 4.69) is 48.5 Å². The number of rotatable bonds is 3. The Labute approximate surface area is 256 Å². The molecular formula is C37H62O5. The van der Waals surface area contributed by atoms with Gasteiger partial charge in [-0.2, -0.15) is 0 Å². The third-order valence-corrected chi connectivity index (χ3v) is 15.0. The van der Waals surface area contributed by atoms with Crippen LogP contribution in [0, 0.1) is 61.6 Å². The molecule has 0 aromatic rings. The Balaban J connectivity index is 1.47. The zero-order chi connectivity index (χ0) is 31.3. The van der Waals surface area contributed by atoms with Gasteiger partial charge in [0.1, 0.15) is 6.10 Å². The van der Waals surface area contributed by atoms with Crippen LogP contribution in [0.3, 0.4) is 0 Å².